The Bertz CT molecular complexity index is 615. The zero-order chi connectivity index (χ0) is 17.1. The second-order valence-electron chi connectivity index (χ2n) is 7.02. The fourth-order valence-electron chi connectivity index (χ4n) is 2.79. The minimum atomic E-state index is -1.67. The fraction of sp³-hybridized carbons (Fsp3) is 0.333. The Hall–Kier alpha value is -0.989. The third-order valence-corrected chi connectivity index (χ3v) is 18.0. The van der Waals surface area contributed by atoms with Gasteiger partial charge in [-0.2, -0.15) is 0 Å². The van der Waals surface area contributed by atoms with Gasteiger partial charge in [-0.3, -0.25) is 0 Å². The third kappa shape index (κ3) is 4.10. The summed E-state index contributed by atoms with van der Waals surface area (Å²) in [4.78, 5) is 0. The van der Waals surface area contributed by atoms with Gasteiger partial charge in [-0.25, -0.2) is 0 Å². The van der Waals surface area contributed by atoms with Crippen LogP contribution in [0.1, 0.15) is 0 Å². The van der Waals surface area contributed by atoms with E-state index in [2.05, 4.69) is 109 Å². The van der Waals surface area contributed by atoms with Crippen molar-refractivity contribution in [2.75, 3.05) is 14.1 Å². The molecule has 2 nitrogen and oxygen atoms in total. The summed E-state index contributed by atoms with van der Waals surface area (Å²) in [6.45, 7) is 9.88. The van der Waals surface area contributed by atoms with E-state index in [1.807, 2.05) is 0 Å². The van der Waals surface area contributed by atoms with E-state index in [0.29, 0.717) is 0 Å². The molecule has 122 valence electrons. The van der Waals surface area contributed by atoms with Crippen LogP contribution in [0.2, 0.25) is 26.2 Å². The minimum absolute atomic E-state index is 0.735. The summed E-state index contributed by atoms with van der Waals surface area (Å²) in [5.74, 6) is 0. The highest BCUT2D eigenvalue weighted by atomic mass is 28.4. The van der Waals surface area contributed by atoms with Crippen LogP contribution in [0.3, 0.4) is 0 Å². The van der Waals surface area contributed by atoms with Crippen molar-refractivity contribution >= 4 is 36.7 Å². The Labute approximate surface area is 146 Å². The van der Waals surface area contributed by atoms with E-state index in [1.54, 1.807) is 0 Å². The van der Waals surface area contributed by atoms with Crippen molar-refractivity contribution in [1.82, 2.24) is 8.46 Å². The minimum Gasteiger partial charge on any atom is -0.335 e. The molecule has 23 heavy (non-hydrogen) atoms. The van der Waals surface area contributed by atoms with Gasteiger partial charge in [-0.05, 0) is 37.6 Å². The van der Waals surface area contributed by atoms with Crippen molar-refractivity contribution < 1.29 is 0 Å². The largest absolute Gasteiger partial charge is 0.335 e. The topological polar surface area (TPSA) is 6.48 Å². The molecule has 0 heterocycles. The number of hydrogen-bond acceptors (Lipinski definition) is 2. The molecule has 0 unspecified atom stereocenters. The molecule has 0 saturated heterocycles. The molecule has 0 aliphatic carbocycles. The summed E-state index contributed by atoms with van der Waals surface area (Å²) < 4.78 is 5.35. The van der Waals surface area contributed by atoms with Crippen LogP contribution >= 0.6 is 0 Å². The van der Waals surface area contributed by atoms with Crippen LogP contribution in [-0.4, -0.2) is 48.9 Å². The van der Waals surface area contributed by atoms with E-state index in [-0.39, 0.29) is 0 Å². The number of rotatable bonds is 6. The molecule has 0 amide bonds. The molecule has 0 saturated carbocycles. The lowest BCUT2D eigenvalue weighted by Crippen LogP contribution is -2.72. The van der Waals surface area contributed by atoms with E-state index >= 15 is 0 Å². The Morgan fingerprint density at radius 2 is 1.22 bits per heavy atom. The van der Waals surface area contributed by atoms with Crippen molar-refractivity contribution in [2.24, 2.45) is 0 Å². The lowest BCUT2D eigenvalue weighted by atomic mass is 10.4. The predicted molar refractivity (Wildman–Crippen MR) is 108 cm³/mol. The van der Waals surface area contributed by atoms with E-state index in [0.717, 1.165) is 9.68 Å². The van der Waals surface area contributed by atoms with Crippen LogP contribution in [0, 0.1) is 0 Å². The van der Waals surface area contributed by atoms with Gasteiger partial charge in [-0.1, -0.05) is 73.8 Å². The van der Waals surface area contributed by atoms with E-state index < -0.39 is 16.6 Å². The van der Waals surface area contributed by atoms with Gasteiger partial charge >= 0.3 is 0 Å². The smallest absolute Gasteiger partial charge is 0.186 e. The molecule has 2 rings (SSSR count). The van der Waals surface area contributed by atoms with Crippen LogP contribution in [0.5, 0.6) is 0 Å². The van der Waals surface area contributed by atoms with E-state index in [9.17, 15) is 0 Å². The Morgan fingerprint density at radius 1 is 0.739 bits per heavy atom. The molecule has 0 fully saturated rings. The first kappa shape index (κ1) is 18.4. The van der Waals surface area contributed by atoms with Gasteiger partial charge in [0.25, 0.3) is 0 Å². The number of benzene rings is 2. The van der Waals surface area contributed by atoms with Crippen molar-refractivity contribution in [3.8, 4) is 0 Å². The van der Waals surface area contributed by atoms with Crippen molar-refractivity contribution in [3.63, 3.8) is 0 Å². The summed E-state index contributed by atoms with van der Waals surface area (Å²) >= 11 is 0. The zero-order valence-electron chi connectivity index (χ0n) is 15.2. The molecular formula is C18H28N2Si3. The molecule has 2 radical (unpaired) electrons. The highest BCUT2D eigenvalue weighted by molar-refractivity contribution is 6.98. The fourth-order valence-corrected chi connectivity index (χ4v) is 13.9. The molecule has 0 aliphatic heterocycles. The van der Waals surface area contributed by atoms with Crippen LogP contribution in [0.25, 0.3) is 0 Å². The van der Waals surface area contributed by atoms with Crippen molar-refractivity contribution in [3.05, 3.63) is 60.7 Å². The Morgan fingerprint density at radius 3 is 1.74 bits per heavy atom. The second-order valence-corrected chi connectivity index (χ2v) is 18.1. The first-order valence-corrected chi connectivity index (χ1v) is 14.9. The predicted octanol–water partition coefficient (Wildman–Crippen LogP) is 2.61. The van der Waals surface area contributed by atoms with Gasteiger partial charge in [-0.15, -0.1) is 0 Å². The Kier molecular flexibility index (Phi) is 5.80. The molecule has 5 heteroatoms. The summed E-state index contributed by atoms with van der Waals surface area (Å²) in [6.07, 6.45) is 0. The summed E-state index contributed by atoms with van der Waals surface area (Å²) in [5, 5.41) is 2.93. The maximum Gasteiger partial charge on any atom is 0.186 e. The normalized spacial score (nSPS) is 12.9. The van der Waals surface area contributed by atoms with Gasteiger partial charge in [0.1, 0.15) is 8.24 Å². The standard InChI is InChI=1S/C18H28N2Si3/c1-19(21-17-13-9-7-10-14-17)23(5,6)20(2)22(3,4)18-15-11-8-12-16-18/h7-16H,1-6H3. The SMILES string of the molecule is CN([Si]c1ccccc1)[Si](C)(C)N(C)[Si](C)(C)c1ccccc1. The average molecular weight is 357 g/mol. The summed E-state index contributed by atoms with van der Waals surface area (Å²) in [5.41, 5.74) is 0. The van der Waals surface area contributed by atoms with Crippen LogP contribution in [0.4, 0.5) is 0 Å². The van der Waals surface area contributed by atoms with Crippen molar-refractivity contribution in [2.45, 2.75) is 26.2 Å². The Balaban J connectivity index is 2.20. The first-order chi connectivity index (χ1) is 10.8. The average Bonchev–Trinajstić information content (AvgIpc) is 2.55. The molecular weight excluding hydrogens is 328 g/mol. The van der Waals surface area contributed by atoms with Crippen LogP contribution in [0.15, 0.2) is 60.7 Å². The molecule has 2 aromatic rings. The van der Waals surface area contributed by atoms with Gasteiger partial charge < -0.3 is 8.46 Å². The van der Waals surface area contributed by atoms with E-state index in [1.165, 1.54) is 10.4 Å². The maximum atomic E-state index is 2.74. The lowest BCUT2D eigenvalue weighted by Gasteiger charge is -2.48. The molecule has 2 aromatic carbocycles. The van der Waals surface area contributed by atoms with Crippen LogP contribution in [-0.2, 0) is 0 Å². The molecule has 0 N–H and O–H groups in total. The lowest BCUT2D eigenvalue weighted by molar-refractivity contribution is 0.644. The van der Waals surface area contributed by atoms with Crippen molar-refractivity contribution in [1.29, 1.82) is 0 Å². The highest BCUT2D eigenvalue weighted by Crippen LogP contribution is 2.19. The highest BCUT2D eigenvalue weighted by Gasteiger charge is 2.42. The first-order valence-electron chi connectivity index (χ1n) is 8.11. The zero-order valence-corrected chi connectivity index (χ0v) is 18.2. The molecule has 0 bridgehead atoms. The monoisotopic (exact) mass is 356 g/mol. The van der Waals surface area contributed by atoms with Gasteiger partial charge in [0, 0.05) is 0 Å². The quantitative estimate of drug-likeness (QED) is 0.734. The summed E-state index contributed by atoms with van der Waals surface area (Å²) in [7, 11) is 2.06. The van der Waals surface area contributed by atoms with Gasteiger partial charge in [0.15, 0.2) is 18.1 Å². The second kappa shape index (κ2) is 7.27. The number of nitrogens with zero attached hydrogens (tertiary/aromatic N) is 2. The van der Waals surface area contributed by atoms with Crippen LogP contribution < -0.4 is 10.4 Å². The molecule has 0 spiro atoms. The number of hydrogen-bond donors (Lipinski definition) is 0. The summed E-state index contributed by atoms with van der Waals surface area (Å²) in [6, 6.07) is 21.9. The maximum absolute atomic E-state index is 2.74. The molecule has 0 aromatic heterocycles. The van der Waals surface area contributed by atoms with E-state index in [4.69, 9.17) is 0 Å². The molecule has 0 aliphatic rings. The van der Waals surface area contributed by atoms with Gasteiger partial charge in [0.05, 0.1) is 0 Å². The molecule has 0 atom stereocenters. The van der Waals surface area contributed by atoms with Gasteiger partial charge in [0.2, 0.25) is 0 Å². The third-order valence-electron chi connectivity index (χ3n) is 5.03.